The first kappa shape index (κ1) is 30.7. The first-order chi connectivity index (χ1) is 19.7. The van der Waals surface area contributed by atoms with Crippen LogP contribution in [-0.4, -0.2) is 56.2 Å². The van der Waals surface area contributed by atoms with Gasteiger partial charge in [0.25, 0.3) is 5.91 Å². The molecule has 0 aliphatic carbocycles. The van der Waals surface area contributed by atoms with Crippen LogP contribution >= 0.6 is 0 Å². The highest BCUT2D eigenvalue weighted by molar-refractivity contribution is 7.92. The Bertz CT molecular complexity index is 1390. The normalized spacial score (nSPS) is 16.9. The SMILES string of the molecule is CCCN(c1cc(COCC(N)C(CC)c2ccccc2)cc(C(=O)N2CCCC2c2ccccc2)n1)S(C)(=O)=O. The van der Waals surface area contributed by atoms with E-state index in [4.69, 9.17) is 10.5 Å². The van der Waals surface area contributed by atoms with Gasteiger partial charge in [0.1, 0.15) is 11.5 Å². The fraction of sp³-hybridized carbons (Fsp3) is 0.438. The molecule has 0 saturated carbocycles. The van der Waals surface area contributed by atoms with E-state index in [2.05, 4.69) is 24.0 Å². The zero-order valence-corrected chi connectivity index (χ0v) is 25.1. The van der Waals surface area contributed by atoms with Gasteiger partial charge in [-0.15, -0.1) is 0 Å². The molecule has 3 atom stereocenters. The van der Waals surface area contributed by atoms with Gasteiger partial charge in [-0.1, -0.05) is 74.5 Å². The van der Waals surface area contributed by atoms with Crippen molar-refractivity contribution in [1.82, 2.24) is 9.88 Å². The predicted molar refractivity (Wildman–Crippen MR) is 163 cm³/mol. The van der Waals surface area contributed by atoms with E-state index in [0.717, 1.165) is 31.1 Å². The average molecular weight is 579 g/mol. The number of sulfonamides is 1. The number of benzene rings is 2. The van der Waals surface area contributed by atoms with Crippen molar-refractivity contribution in [2.75, 3.05) is 30.3 Å². The molecule has 1 saturated heterocycles. The largest absolute Gasteiger partial charge is 0.375 e. The van der Waals surface area contributed by atoms with Gasteiger partial charge in [0.2, 0.25) is 10.0 Å². The van der Waals surface area contributed by atoms with E-state index in [1.54, 1.807) is 12.1 Å². The Morgan fingerprint density at radius 2 is 1.78 bits per heavy atom. The van der Waals surface area contributed by atoms with Gasteiger partial charge in [-0.25, -0.2) is 13.4 Å². The lowest BCUT2D eigenvalue weighted by molar-refractivity contribution is 0.0728. The quantitative estimate of drug-likeness (QED) is 0.296. The molecular weight excluding hydrogens is 536 g/mol. The summed E-state index contributed by atoms with van der Waals surface area (Å²) in [6.45, 7) is 5.40. The molecule has 1 aliphatic rings. The second-order valence-corrected chi connectivity index (χ2v) is 12.6. The molecule has 2 heterocycles. The summed E-state index contributed by atoms with van der Waals surface area (Å²) in [5, 5.41) is 0. The number of aromatic nitrogens is 1. The van der Waals surface area contributed by atoms with Gasteiger partial charge >= 0.3 is 0 Å². The predicted octanol–water partition coefficient (Wildman–Crippen LogP) is 5.27. The van der Waals surface area contributed by atoms with Crippen LogP contribution < -0.4 is 10.0 Å². The Morgan fingerprint density at radius 3 is 2.41 bits per heavy atom. The number of hydrogen-bond acceptors (Lipinski definition) is 6. The lowest BCUT2D eigenvalue weighted by Crippen LogP contribution is -2.34. The molecule has 1 aromatic heterocycles. The highest BCUT2D eigenvalue weighted by Gasteiger charge is 2.32. The van der Waals surface area contributed by atoms with E-state index < -0.39 is 10.0 Å². The Hall–Kier alpha value is -3.27. The van der Waals surface area contributed by atoms with Crippen LogP contribution in [0.5, 0.6) is 0 Å². The molecule has 2 aromatic carbocycles. The van der Waals surface area contributed by atoms with E-state index in [-0.39, 0.29) is 48.6 Å². The van der Waals surface area contributed by atoms with E-state index in [1.165, 1.54) is 9.87 Å². The van der Waals surface area contributed by atoms with Gasteiger partial charge in [-0.2, -0.15) is 0 Å². The zero-order valence-electron chi connectivity index (χ0n) is 24.3. The topological polar surface area (TPSA) is 106 Å². The fourth-order valence-corrected chi connectivity index (χ4v) is 6.59. The number of anilines is 1. The van der Waals surface area contributed by atoms with Crippen LogP contribution in [0.25, 0.3) is 0 Å². The summed E-state index contributed by atoms with van der Waals surface area (Å²) < 4.78 is 32.7. The van der Waals surface area contributed by atoms with Crippen LogP contribution in [-0.2, 0) is 21.4 Å². The zero-order chi connectivity index (χ0) is 29.4. The Morgan fingerprint density at radius 1 is 1.10 bits per heavy atom. The van der Waals surface area contributed by atoms with Crippen LogP contribution in [0, 0.1) is 0 Å². The molecule has 220 valence electrons. The summed E-state index contributed by atoms with van der Waals surface area (Å²) in [4.78, 5) is 20.3. The summed E-state index contributed by atoms with van der Waals surface area (Å²) in [7, 11) is -3.61. The van der Waals surface area contributed by atoms with Gasteiger partial charge in [-0.05, 0) is 54.5 Å². The monoisotopic (exact) mass is 578 g/mol. The molecule has 0 radical (unpaired) electrons. The Kier molecular flexibility index (Phi) is 10.5. The standard InChI is InChI=1S/C32H42N4O4S/c1-4-18-36(41(3,38)39)31-21-24(22-40-23-28(33)27(5-2)25-13-8-6-9-14-25)20-29(34-31)32(37)35-19-12-17-30(35)26-15-10-7-11-16-26/h6-11,13-16,20-21,27-28,30H,4-5,12,17-19,22-23,33H2,1-3H3. The van der Waals surface area contributed by atoms with Crippen molar-refractivity contribution in [2.45, 2.75) is 64.1 Å². The maximum absolute atomic E-state index is 13.9. The van der Waals surface area contributed by atoms with Crippen LogP contribution in [0.2, 0.25) is 0 Å². The van der Waals surface area contributed by atoms with Crippen molar-refractivity contribution < 1.29 is 17.9 Å². The van der Waals surface area contributed by atoms with E-state index in [1.807, 2.05) is 60.4 Å². The lowest BCUT2D eigenvalue weighted by Gasteiger charge is -2.26. The number of hydrogen-bond donors (Lipinski definition) is 1. The second-order valence-electron chi connectivity index (χ2n) is 10.7. The molecule has 0 spiro atoms. The molecule has 3 unspecified atom stereocenters. The van der Waals surface area contributed by atoms with Crippen molar-refractivity contribution in [2.24, 2.45) is 5.73 Å². The third-order valence-electron chi connectivity index (χ3n) is 7.63. The molecule has 9 heteroatoms. The number of ether oxygens (including phenoxy) is 1. The number of amides is 1. The first-order valence-corrected chi connectivity index (χ1v) is 16.3. The number of likely N-dealkylation sites (tertiary alicyclic amines) is 1. The van der Waals surface area contributed by atoms with Crippen molar-refractivity contribution in [3.05, 3.63) is 95.2 Å². The van der Waals surface area contributed by atoms with Gasteiger partial charge in [0.05, 0.1) is 25.5 Å². The summed E-state index contributed by atoms with van der Waals surface area (Å²) >= 11 is 0. The maximum Gasteiger partial charge on any atom is 0.273 e. The molecule has 4 rings (SSSR count). The minimum atomic E-state index is -3.61. The first-order valence-electron chi connectivity index (χ1n) is 14.5. The molecular formula is C32H42N4O4S. The van der Waals surface area contributed by atoms with Crippen LogP contribution in [0.3, 0.4) is 0 Å². The van der Waals surface area contributed by atoms with Crippen LogP contribution in [0.4, 0.5) is 5.82 Å². The van der Waals surface area contributed by atoms with E-state index in [9.17, 15) is 13.2 Å². The van der Waals surface area contributed by atoms with Gasteiger partial charge in [0, 0.05) is 25.0 Å². The number of nitrogens with two attached hydrogens (primary N) is 1. The fourth-order valence-electron chi connectivity index (χ4n) is 5.64. The summed E-state index contributed by atoms with van der Waals surface area (Å²) in [5.41, 5.74) is 9.70. The molecule has 1 aliphatic heterocycles. The van der Waals surface area contributed by atoms with Gasteiger partial charge < -0.3 is 15.4 Å². The van der Waals surface area contributed by atoms with E-state index in [0.29, 0.717) is 25.1 Å². The number of pyridine rings is 1. The maximum atomic E-state index is 13.9. The average Bonchev–Trinajstić information content (AvgIpc) is 3.46. The number of carbonyl (C=O) groups is 1. The van der Waals surface area contributed by atoms with Crippen molar-refractivity contribution in [1.29, 1.82) is 0 Å². The third-order valence-corrected chi connectivity index (χ3v) is 8.80. The van der Waals surface area contributed by atoms with Crippen LogP contribution in [0.15, 0.2) is 72.8 Å². The summed E-state index contributed by atoms with van der Waals surface area (Å²) in [5.74, 6) is 0.169. The summed E-state index contributed by atoms with van der Waals surface area (Å²) in [6.07, 6.45) is 4.41. The van der Waals surface area contributed by atoms with E-state index >= 15 is 0 Å². The lowest BCUT2D eigenvalue weighted by atomic mass is 9.90. The second kappa shape index (κ2) is 14.1. The molecule has 2 N–H and O–H groups in total. The number of carbonyl (C=O) groups excluding carboxylic acids is 1. The minimum Gasteiger partial charge on any atom is -0.375 e. The van der Waals surface area contributed by atoms with Gasteiger partial charge in [-0.3, -0.25) is 9.10 Å². The van der Waals surface area contributed by atoms with Crippen molar-refractivity contribution >= 4 is 21.7 Å². The molecule has 8 nitrogen and oxygen atoms in total. The molecule has 41 heavy (non-hydrogen) atoms. The Labute approximate surface area is 244 Å². The smallest absolute Gasteiger partial charge is 0.273 e. The Balaban J connectivity index is 1.59. The highest BCUT2D eigenvalue weighted by atomic mass is 32.2. The summed E-state index contributed by atoms with van der Waals surface area (Å²) in [6, 6.07) is 23.3. The molecule has 1 fully saturated rings. The highest BCUT2D eigenvalue weighted by Crippen LogP contribution is 2.33. The number of rotatable bonds is 13. The number of nitrogens with zero attached hydrogens (tertiary/aromatic N) is 3. The van der Waals surface area contributed by atoms with Crippen LogP contribution in [0.1, 0.15) is 78.7 Å². The molecule has 1 amide bonds. The van der Waals surface area contributed by atoms with Gasteiger partial charge in [0.15, 0.2) is 0 Å². The minimum absolute atomic E-state index is 0.0440. The molecule has 0 bridgehead atoms. The third kappa shape index (κ3) is 7.72. The molecule has 3 aromatic rings. The van der Waals surface area contributed by atoms with Crippen molar-refractivity contribution in [3.63, 3.8) is 0 Å². The van der Waals surface area contributed by atoms with Crippen molar-refractivity contribution in [3.8, 4) is 0 Å².